The van der Waals surface area contributed by atoms with Gasteiger partial charge in [0.2, 0.25) is 5.91 Å². The lowest BCUT2D eigenvalue weighted by Gasteiger charge is -2.49. The van der Waals surface area contributed by atoms with Gasteiger partial charge in [-0.1, -0.05) is 12.1 Å². The molecule has 1 aliphatic carbocycles. The molecule has 4 fully saturated rings. The summed E-state index contributed by atoms with van der Waals surface area (Å²) in [4.78, 5) is 35.4. The van der Waals surface area contributed by atoms with Crippen LogP contribution in [-0.2, 0) is 14.9 Å². The Morgan fingerprint density at radius 2 is 1.84 bits per heavy atom. The molecule has 1 atom stereocenters. The molecule has 4 aromatic rings. The van der Waals surface area contributed by atoms with Crippen molar-refractivity contribution in [3.8, 4) is 11.3 Å². The molecule has 3 saturated heterocycles. The van der Waals surface area contributed by atoms with Crippen molar-refractivity contribution < 1.29 is 18.3 Å². The number of ether oxygens (including phenoxy) is 1. The molecule has 1 aromatic carbocycles. The highest BCUT2D eigenvalue weighted by Gasteiger charge is 2.56. The third-order valence-electron chi connectivity index (χ3n) is 12.0. The Hall–Kier alpha value is -4.00. The van der Waals surface area contributed by atoms with E-state index in [4.69, 9.17) is 14.7 Å². The highest BCUT2D eigenvalue weighted by molar-refractivity contribution is 6.09. The number of aromatic nitrogens is 4. The number of piperidine rings is 2. The number of hydrogen-bond donors (Lipinski definition) is 1. The van der Waals surface area contributed by atoms with Crippen LogP contribution in [0.25, 0.3) is 22.3 Å². The molecule has 5 aliphatic rings. The second kappa shape index (κ2) is 12.3. The van der Waals surface area contributed by atoms with Gasteiger partial charge in [0.1, 0.15) is 11.7 Å². The highest BCUT2D eigenvalue weighted by atomic mass is 19.1. The number of hydrogen-bond acceptors (Lipinski definition) is 8. The minimum absolute atomic E-state index is 0.0722. The van der Waals surface area contributed by atoms with Gasteiger partial charge in [-0.15, -0.1) is 0 Å². The number of benzene rings is 1. The quantitative estimate of drug-likeness (QED) is 0.254. The van der Waals surface area contributed by atoms with Crippen LogP contribution in [0, 0.1) is 5.82 Å². The van der Waals surface area contributed by atoms with E-state index in [1.54, 1.807) is 18.6 Å². The van der Waals surface area contributed by atoms with Crippen molar-refractivity contribution in [2.75, 3.05) is 49.6 Å². The average molecular weight is 683 g/mol. The third kappa shape index (κ3) is 5.21. The van der Waals surface area contributed by atoms with E-state index in [2.05, 4.69) is 57.0 Å². The number of halogens is 2. The molecule has 4 aliphatic heterocycles. The SMILES string of the molecule is CC(C)n1cnc2cc(-c3ccc4c(c3)N(C3CC(N5CCC[C@@H](F)C5)C3)C(=O)C43CCN(C4COC4)CC3)nc(Nc3ccncc3F)c21. The normalized spacial score (nSPS) is 25.7. The van der Waals surface area contributed by atoms with Crippen molar-refractivity contribution in [1.29, 1.82) is 0 Å². The average Bonchev–Trinajstić information content (AvgIpc) is 3.60. The fourth-order valence-electron chi connectivity index (χ4n) is 8.94. The molecular weight excluding hydrogens is 638 g/mol. The lowest BCUT2D eigenvalue weighted by Crippen LogP contribution is -2.60. The van der Waals surface area contributed by atoms with Crippen molar-refractivity contribution in [3.05, 3.63) is 60.4 Å². The number of pyridine rings is 2. The minimum Gasteiger partial charge on any atom is -0.378 e. The van der Waals surface area contributed by atoms with E-state index in [-0.39, 0.29) is 23.7 Å². The topological polar surface area (TPSA) is 91.7 Å². The molecule has 0 radical (unpaired) electrons. The summed E-state index contributed by atoms with van der Waals surface area (Å²) in [5, 5.41) is 3.22. The van der Waals surface area contributed by atoms with Crippen molar-refractivity contribution in [2.45, 2.75) is 88.1 Å². The van der Waals surface area contributed by atoms with E-state index in [9.17, 15) is 13.6 Å². The predicted molar refractivity (Wildman–Crippen MR) is 188 cm³/mol. The van der Waals surface area contributed by atoms with E-state index in [0.29, 0.717) is 36.6 Å². The molecule has 7 heterocycles. The summed E-state index contributed by atoms with van der Waals surface area (Å²) in [5.41, 5.74) is 4.87. The molecule has 0 unspecified atom stereocenters. The zero-order chi connectivity index (χ0) is 34.1. The predicted octanol–water partition coefficient (Wildman–Crippen LogP) is 6.00. The summed E-state index contributed by atoms with van der Waals surface area (Å²) in [7, 11) is 0. The lowest BCUT2D eigenvalue weighted by atomic mass is 9.73. The fraction of sp³-hybridized carbons (Fsp3) is 0.526. The van der Waals surface area contributed by atoms with Crippen molar-refractivity contribution in [3.63, 3.8) is 0 Å². The number of anilines is 3. The number of rotatable bonds is 7. The molecule has 9 rings (SSSR count). The molecule has 3 aromatic heterocycles. The Balaban J connectivity index is 1.09. The molecule has 1 saturated carbocycles. The van der Waals surface area contributed by atoms with Crippen LogP contribution in [0.5, 0.6) is 0 Å². The molecular formula is C38H44F2N8O2. The first-order chi connectivity index (χ1) is 24.3. The van der Waals surface area contributed by atoms with Gasteiger partial charge >= 0.3 is 0 Å². The molecule has 1 spiro atoms. The first-order valence-electron chi connectivity index (χ1n) is 18.2. The van der Waals surface area contributed by atoms with Crippen LogP contribution in [-0.4, -0.2) is 98.9 Å². The number of carbonyl (C=O) groups excluding carboxylic acids is 1. The first-order valence-corrected chi connectivity index (χ1v) is 18.2. The number of alkyl halides is 1. The second-order valence-electron chi connectivity index (χ2n) is 15.2. The van der Waals surface area contributed by atoms with Gasteiger partial charge in [-0.3, -0.25) is 19.6 Å². The van der Waals surface area contributed by atoms with Crippen LogP contribution in [0.1, 0.15) is 64.0 Å². The van der Waals surface area contributed by atoms with Gasteiger partial charge in [0, 0.05) is 42.1 Å². The van der Waals surface area contributed by atoms with E-state index in [0.717, 1.165) is 92.8 Å². The van der Waals surface area contributed by atoms with Gasteiger partial charge in [0.15, 0.2) is 11.6 Å². The molecule has 1 N–H and O–H groups in total. The highest BCUT2D eigenvalue weighted by Crippen LogP contribution is 2.52. The van der Waals surface area contributed by atoms with Crippen LogP contribution in [0.3, 0.4) is 0 Å². The standard InChI is InChI=1S/C38H44F2N8O2/c1-23(2)47-22-42-33-17-32(44-36(35(33)47)43-31-7-10-41-18-30(31)40)24-5-6-29-34(14-24)48(27-15-26(16-27)46-11-3-4-25(39)19-46)37(49)38(29)8-12-45(13-9-38)28-20-50-21-28/h5-7,10,14,17-18,22-23,25-28H,3-4,8-9,11-13,15-16,19-21H2,1-2H3,(H,41,43,44)/t25-,26?,27?/m1/s1. The summed E-state index contributed by atoms with van der Waals surface area (Å²) in [5.74, 6) is 0.233. The summed E-state index contributed by atoms with van der Waals surface area (Å²) in [6.07, 6.45) is 8.56. The van der Waals surface area contributed by atoms with E-state index in [1.807, 2.05) is 10.6 Å². The number of likely N-dealkylation sites (tertiary alicyclic amines) is 2. The summed E-state index contributed by atoms with van der Waals surface area (Å²) in [6.45, 7) is 8.84. The molecule has 1 amide bonds. The lowest BCUT2D eigenvalue weighted by molar-refractivity contribution is -0.128. The fourth-order valence-corrected chi connectivity index (χ4v) is 8.94. The molecule has 12 heteroatoms. The Labute approximate surface area is 290 Å². The number of carbonyl (C=O) groups is 1. The van der Waals surface area contributed by atoms with Gasteiger partial charge < -0.3 is 19.5 Å². The van der Waals surface area contributed by atoms with Crippen molar-refractivity contribution in [2.24, 2.45) is 0 Å². The molecule has 50 heavy (non-hydrogen) atoms. The Morgan fingerprint density at radius 3 is 2.56 bits per heavy atom. The van der Waals surface area contributed by atoms with Crippen LogP contribution < -0.4 is 10.2 Å². The van der Waals surface area contributed by atoms with Crippen LogP contribution in [0.15, 0.2) is 49.1 Å². The van der Waals surface area contributed by atoms with Gasteiger partial charge in [0.05, 0.1) is 54.1 Å². The van der Waals surface area contributed by atoms with E-state index in [1.165, 1.54) is 6.20 Å². The first kappa shape index (κ1) is 31.9. The Kier molecular flexibility index (Phi) is 7.89. The summed E-state index contributed by atoms with van der Waals surface area (Å²) < 4.78 is 36.7. The van der Waals surface area contributed by atoms with Crippen LogP contribution in [0.2, 0.25) is 0 Å². The molecule has 10 nitrogen and oxygen atoms in total. The van der Waals surface area contributed by atoms with Crippen molar-refractivity contribution in [1.82, 2.24) is 29.3 Å². The number of fused-ring (bicyclic) bond motifs is 3. The Bertz CT molecular complexity index is 1930. The maximum atomic E-state index is 14.8. The maximum absolute atomic E-state index is 14.8. The second-order valence-corrected chi connectivity index (χ2v) is 15.2. The van der Waals surface area contributed by atoms with Gasteiger partial charge in [-0.2, -0.15) is 0 Å². The van der Waals surface area contributed by atoms with E-state index < -0.39 is 17.4 Å². The number of imidazole rings is 1. The number of amides is 1. The van der Waals surface area contributed by atoms with Gasteiger partial charge in [0.25, 0.3) is 0 Å². The van der Waals surface area contributed by atoms with Gasteiger partial charge in [-0.25, -0.2) is 18.7 Å². The minimum atomic E-state index is -0.764. The maximum Gasteiger partial charge on any atom is 0.238 e. The largest absolute Gasteiger partial charge is 0.378 e. The third-order valence-corrected chi connectivity index (χ3v) is 12.0. The van der Waals surface area contributed by atoms with Crippen LogP contribution in [0.4, 0.5) is 26.0 Å². The van der Waals surface area contributed by atoms with Crippen molar-refractivity contribution >= 4 is 34.1 Å². The Morgan fingerprint density at radius 1 is 1.02 bits per heavy atom. The number of nitrogens with one attached hydrogen (secondary N) is 1. The smallest absolute Gasteiger partial charge is 0.238 e. The molecule has 262 valence electrons. The monoisotopic (exact) mass is 682 g/mol. The van der Waals surface area contributed by atoms with Gasteiger partial charge in [-0.05, 0) is 95.8 Å². The zero-order valence-electron chi connectivity index (χ0n) is 28.7. The van der Waals surface area contributed by atoms with E-state index >= 15 is 0 Å². The molecule has 0 bridgehead atoms. The summed E-state index contributed by atoms with van der Waals surface area (Å²) >= 11 is 0. The summed E-state index contributed by atoms with van der Waals surface area (Å²) in [6, 6.07) is 10.9. The zero-order valence-corrected chi connectivity index (χ0v) is 28.7. The van der Waals surface area contributed by atoms with Crippen LogP contribution >= 0.6 is 0 Å². The number of nitrogens with zero attached hydrogens (tertiary/aromatic N) is 7.